The zero-order chi connectivity index (χ0) is 19.2. The second-order valence-corrected chi connectivity index (χ2v) is 8.64. The number of nitro benzene ring substituents is 1. The molecule has 0 saturated carbocycles. The fourth-order valence-corrected chi connectivity index (χ4v) is 5.46. The van der Waals surface area contributed by atoms with Crippen molar-refractivity contribution in [2.45, 2.75) is 17.6 Å². The highest BCUT2D eigenvalue weighted by Gasteiger charge is 2.18. The van der Waals surface area contributed by atoms with E-state index in [9.17, 15) is 14.9 Å². The summed E-state index contributed by atoms with van der Waals surface area (Å²) in [5.74, 6) is 2.41. The van der Waals surface area contributed by atoms with E-state index in [2.05, 4.69) is 0 Å². The Morgan fingerprint density at radius 2 is 1.93 bits per heavy atom. The number of nitrogens with zero attached hydrogens (tertiary/aromatic N) is 1. The van der Waals surface area contributed by atoms with Crippen molar-refractivity contribution in [3.63, 3.8) is 0 Å². The molecule has 0 radical (unpaired) electrons. The topological polar surface area (TPSA) is 78.7 Å². The largest absolute Gasteiger partial charge is 0.482 e. The first-order valence-corrected chi connectivity index (χ1v) is 10.5. The predicted molar refractivity (Wildman–Crippen MR) is 107 cm³/mol. The number of non-ortho nitro benzene ring substituents is 1. The van der Waals surface area contributed by atoms with Crippen molar-refractivity contribution in [2.24, 2.45) is 0 Å². The first kappa shape index (κ1) is 19.6. The van der Waals surface area contributed by atoms with Gasteiger partial charge in [-0.2, -0.15) is 0 Å². The lowest BCUT2D eigenvalue weighted by molar-refractivity contribution is -0.385. The molecule has 3 rings (SSSR count). The maximum atomic E-state index is 12.0. The Labute approximate surface area is 165 Å². The molecule has 1 fully saturated rings. The molecule has 1 atom stereocenters. The molecule has 2 aromatic rings. The molecule has 0 aliphatic carbocycles. The van der Waals surface area contributed by atoms with E-state index in [4.69, 9.17) is 9.47 Å². The van der Waals surface area contributed by atoms with Crippen molar-refractivity contribution in [3.8, 4) is 5.75 Å². The first-order valence-electron chi connectivity index (χ1n) is 8.43. The number of hydrogen-bond donors (Lipinski definition) is 0. The van der Waals surface area contributed by atoms with Crippen molar-refractivity contribution in [2.75, 3.05) is 18.1 Å². The van der Waals surface area contributed by atoms with Gasteiger partial charge in [-0.15, -0.1) is 23.5 Å². The number of rotatable bonds is 7. The predicted octanol–water partition coefficient (Wildman–Crippen LogP) is 4.76. The minimum absolute atomic E-state index is 0.0367. The van der Waals surface area contributed by atoms with E-state index in [0.29, 0.717) is 15.9 Å². The fraction of sp³-hybridized carbons (Fsp3) is 0.316. The van der Waals surface area contributed by atoms with Crippen LogP contribution in [0, 0.1) is 10.1 Å². The smallest absolute Gasteiger partial charge is 0.344 e. The zero-order valence-corrected chi connectivity index (χ0v) is 16.3. The van der Waals surface area contributed by atoms with Crippen molar-refractivity contribution in [1.82, 2.24) is 0 Å². The van der Waals surface area contributed by atoms with Gasteiger partial charge in [-0.1, -0.05) is 24.3 Å². The molecule has 1 heterocycles. The van der Waals surface area contributed by atoms with Gasteiger partial charge < -0.3 is 9.47 Å². The third-order valence-electron chi connectivity index (χ3n) is 3.99. The van der Waals surface area contributed by atoms with E-state index < -0.39 is 17.0 Å². The highest BCUT2D eigenvalue weighted by atomic mass is 32.2. The van der Waals surface area contributed by atoms with Crippen LogP contribution in [-0.2, 0) is 9.53 Å². The summed E-state index contributed by atoms with van der Waals surface area (Å²) < 4.78 is 11.3. The molecule has 2 aromatic carbocycles. The molecular weight excluding hydrogens is 386 g/mol. The molecule has 1 unspecified atom stereocenters. The van der Waals surface area contributed by atoms with Gasteiger partial charge in [-0.25, -0.2) is 4.79 Å². The molecule has 1 aliphatic rings. The monoisotopic (exact) mass is 405 g/mol. The Morgan fingerprint density at radius 1 is 1.22 bits per heavy atom. The van der Waals surface area contributed by atoms with Gasteiger partial charge in [0.25, 0.3) is 5.69 Å². The molecule has 0 N–H and O–H groups in total. The Bertz CT molecular complexity index is 806. The van der Waals surface area contributed by atoms with E-state index >= 15 is 0 Å². The van der Waals surface area contributed by atoms with Gasteiger partial charge >= 0.3 is 5.97 Å². The summed E-state index contributed by atoms with van der Waals surface area (Å²) in [6, 6.07) is 13.8. The third-order valence-corrected chi connectivity index (χ3v) is 7.09. The van der Waals surface area contributed by atoms with Crippen molar-refractivity contribution in [1.29, 1.82) is 0 Å². The van der Waals surface area contributed by atoms with Crippen LogP contribution in [0.4, 0.5) is 5.69 Å². The molecule has 1 saturated heterocycles. The number of thioether (sulfide) groups is 2. The van der Waals surface area contributed by atoms with Gasteiger partial charge in [0, 0.05) is 23.6 Å². The summed E-state index contributed by atoms with van der Waals surface area (Å²) in [6.45, 7) is 1.45. The Kier molecular flexibility index (Phi) is 6.63. The number of nitro groups is 1. The van der Waals surface area contributed by atoms with Gasteiger partial charge in [-0.05, 0) is 30.2 Å². The van der Waals surface area contributed by atoms with Gasteiger partial charge in [0.05, 0.1) is 9.51 Å². The molecular formula is C19H19NO5S2. The number of carbonyl (C=O) groups is 1. The average molecular weight is 405 g/mol. The van der Waals surface area contributed by atoms with Gasteiger partial charge in [-0.3, -0.25) is 10.1 Å². The van der Waals surface area contributed by atoms with Crippen LogP contribution in [0.5, 0.6) is 5.75 Å². The van der Waals surface area contributed by atoms with Crippen LogP contribution in [0.2, 0.25) is 0 Å². The second kappa shape index (κ2) is 9.14. The molecule has 0 bridgehead atoms. The number of hydrogen-bond acceptors (Lipinski definition) is 7. The van der Waals surface area contributed by atoms with E-state index in [1.165, 1.54) is 29.2 Å². The number of benzene rings is 2. The molecule has 0 aromatic heterocycles. The molecule has 27 heavy (non-hydrogen) atoms. The van der Waals surface area contributed by atoms with Crippen molar-refractivity contribution in [3.05, 3.63) is 69.8 Å². The summed E-state index contributed by atoms with van der Waals surface area (Å²) in [6.07, 6.45) is -0.597. The maximum Gasteiger partial charge on any atom is 0.344 e. The highest BCUT2D eigenvalue weighted by Crippen LogP contribution is 2.45. The van der Waals surface area contributed by atoms with Crippen LogP contribution in [0.15, 0.2) is 48.5 Å². The number of ether oxygens (including phenoxy) is 2. The van der Waals surface area contributed by atoms with E-state index in [1.807, 2.05) is 47.8 Å². The summed E-state index contributed by atoms with van der Waals surface area (Å²) >= 11 is 3.87. The van der Waals surface area contributed by atoms with Crippen LogP contribution < -0.4 is 4.74 Å². The molecule has 0 amide bonds. The fourth-order valence-electron chi connectivity index (χ4n) is 2.60. The lowest BCUT2D eigenvalue weighted by atomic mass is 10.1. The second-order valence-electron chi connectivity index (χ2n) is 5.92. The lowest BCUT2D eigenvalue weighted by Gasteiger charge is -2.14. The summed E-state index contributed by atoms with van der Waals surface area (Å²) in [4.78, 5) is 22.4. The summed E-state index contributed by atoms with van der Waals surface area (Å²) in [5, 5.41) is 10.8. The standard InChI is InChI=1S/C19H19NO5S2/c1-13(15-3-2-4-16(11-15)20(22)23)25-18(21)12-24-17-7-5-14(6-8-17)19-26-9-10-27-19/h2-8,11,13,19H,9-10,12H2,1H3. The summed E-state index contributed by atoms with van der Waals surface area (Å²) in [5.41, 5.74) is 1.77. The quantitative estimate of drug-likeness (QED) is 0.373. The number of carbonyl (C=O) groups excluding carboxylic acids is 1. The van der Waals surface area contributed by atoms with Crippen LogP contribution >= 0.6 is 23.5 Å². The van der Waals surface area contributed by atoms with Crippen LogP contribution in [0.3, 0.4) is 0 Å². The minimum atomic E-state index is -0.597. The average Bonchev–Trinajstić information content (AvgIpc) is 3.21. The van der Waals surface area contributed by atoms with Crippen LogP contribution in [0.1, 0.15) is 28.7 Å². The van der Waals surface area contributed by atoms with Crippen LogP contribution in [0.25, 0.3) is 0 Å². The van der Waals surface area contributed by atoms with E-state index in [-0.39, 0.29) is 12.3 Å². The van der Waals surface area contributed by atoms with Crippen molar-refractivity contribution >= 4 is 35.2 Å². The van der Waals surface area contributed by atoms with Gasteiger partial charge in [0.1, 0.15) is 11.9 Å². The van der Waals surface area contributed by atoms with Gasteiger partial charge in [0.2, 0.25) is 0 Å². The molecule has 142 valence electrons. The first-order chi connectivity index (χ1) is 13.0. The van der Waals surface area contributed by atoms with E-state index in [1.54, 1.807) is 19.1 Å². The van der Waals surface area contributed by atoms with E-state index in [0.717, 1.165) is 0 Å². The molecule has 6 nitrogen and oxygen atoms in total. The Hall–Kier alpha value is -2.19. The Balaban J connectivity index is 1.50. The lowest BCUT2D eigenvalue weighted by Crippen LogP contribution is -2.17. The van der Waals surface area contributed by atoms with Crippen molar-refractivity contribution < 1.29 is 19.2 Å². The molecule has 8 heteroatoms. The number of esters is 1. The molecule has 0 spiro atoms. The summed E-state index contributed by atoms with van der Waals surface area (Å²) in [7, 11) is 0. The SMILES string of the molecule is CC(OC(=O)COc1ccc(C2SCCS2)cc1)c1cccc([N+](=O)[O-])c1. The highest BCUT2D eigenvalue weighted by molar-refractivity contribution is 8.19. The van der Waals surface area contributed by atoms with Crippen LogP contribution in [-0.4, -0.2) is 29.0 Å². The third kappa shape index (κ3) is 5.40. The molecule has 1 aliphatic heterocycles. The normalized spacial score (nSPS) is 15.3. The minimum Gasteiger partial charge on any atom is -0.482 e. The Morgan fingerprint density at radius 3 is 2.59 bits per heavy atom. The van der Waals surface area contributed by atoms with Gasteiger partial charge in [0.15, 0.2) is 6.61 Å². The maximum absolute atomic E-state index is 12.0. The zero-order valence-electron chi connectivity index (χ0n) is 14.7.